The summed E-state index contributed by atoms with van der Waals surface area (Å²) in [5, 5.41) is 3.12. The number of anilines is 1. The average Bonchev–Trinajstić information content (AvgIpc) is 3.24. The van der Waals surface area contributed by atoms with Gasteiger partial charge in [-0.05, 0) is 35.9 Å². The molecule has 0 radical (unpaired) electrons. The van der Waals surface area contributed by atoms with Crippen LogP contribution in [-0.4, -0.2) is 41.0 Å². The smallest absolute Gasteiger partial charge is 0.369 e. The van der Waals surface area contributed by atoms with Gasteiger partial charge in [0.25, 0.3) is 5.56 Å². The van der Waals surface area contributed by atoms with Crippen molar-refractivity contribution in [2.24, 2.45) is 0 Å². The van der Waals surface area contributed by atoms with Gasteiger partial charge in [-0.15, -0.1) is 11.3 Å². The minimum absolute atomic E-state index is 0.186. The van der Waals surface area contributed by atoms with E-state index < -0.39 is 11.7 Å². The number of hydrogen-bond acceptors (Lipinski definition) is 5. The molecule has 3 heterocycles. The maximum absolute atomic E-state index is 13.0. The fraction of sp³-hybridized carbons (Fsp3) is 0.250. The molecule has 34 heavy (non-hydrogen) atoms. The molecule has 0 unspecified atom stereocenters. The monoisotopic (exact) mass is 504 g/mol. The SMILES string of the molecule is O=c1[nH]c(CN2CCN(c3cccc(C(F)(F)F)c3)CC2)nc2scc(-c3ccc(Cl)cc3)c12. The number of nitrogens with zero attached hydrogens (tertiary/aromatic N) is 3. The minimum Gasteiger partial charge on any atom is -0.369 e. The highest BCUT2D eigenvalue weighted by Crippen LogP contribution is 2.33. The van der Waals surface area contributed by atoms with Gasteiger partial charge in [0.2, 0.25) is 0 Å². The highest BCUT2D eigenvalue weighted by atomic mass is 35.5. The third-order valence-electron chi connectivity index (χ3n) is 5.93. The summed E-state index contributed by atoms with van der Waals surface area (Å²) in [5.41, 5.74) is 1.47. The largest absolute Gasteiger partial charge is 0.416 e. The molecular weight excluding hydrogens is 485 g/mol. The standard InChI is InChI=1S/C24H20ClF3N4OS/c25-17-6-4-15(5-7-17)19-14-34-23-21(19)22(33)29-20(30-23)13-31-8-10-32(11-9-31)18-3-1-2-16(12-18)24(26,27)28/h1-7,12,14H,8-11,13H2,(H,29,30,33). The van der Waals surface area contributed by atoms with Crippen LogP contribution in [0.15, 0.2) is 58.7 Å². The first-order valence-electron chi connectivity index (χ1n) is 10.7. The van der Waals surface area contributed by atoms with E-state index in [9.17, 15) is 18.0 Å². The quantitative estimate of drug-likeness (QED) is 0.390. The highest BCUT2D eigenvalue weighted by Gasteiger charge is 2.31. The number of benzene rings is 2. The number of hydrogen-bond donors (Lipinski definition) is 1. The van der Waals surface area contributed by atoms with Crippen molar-refractivity contribution >= 4 is 38.8 Å². The van der Waals surface area contributed by atoms with Gasteiger partial charge in [0.05, 0.1) is 17.5 Å². The van der Waals surface area contributed by atoms with Crippen LogP contribution in [-0.2, 0) is 12.7 Å². The van der Waals surface area contributed by atoms with Crippen LogP contribution in [0, 0.1) is 0 Å². The summed E-state index contributed by atoms with van der Waals surface area (Å²) in [6.07, 6.45) is -4.36. The van der Waals surface area contributed by atoms with Crippen LogP contribution in [0.5, 0.6) is 0 Å². The molecule has 1 N–H and O–H groups in total. The summed E-state index contributed by atoms with van der Waals surface area (Å²) < 4.78 is 39.1. The van der Waals surface area contributed by atoms with Gasteiger partial charge in [-0.1, -0.05) is 29.8 Å². The van der Waals surface area contributed by atoms with Gasteiger partial charge in [-0.2, -0.15) is 13.2 Å². The number of fused-ring (bicyclic) bond motifs is 1. The second-order valence-electron chi connectivity index (χ2n) is 8.16. The minimum atomic E-state index is -4.36. The Morgan fingerprint density at radius 3 is 2.50 bits per heavy atom. The molecule has 0 bridgehead atoms. The van der Waals surface area contributed by atoms with Gasteiger partial charge >= 0.3 is 6.18 Å². The van der Waals surface area contributed by atoms with Gasteiger partial charge in [0, 0.05) is 47.8 Å². The Hall–Kier alpha value is -2.88. The number of aromatic nitrogens is 2. The van der Waals surface area contributed by atoms with Crippen LogP contribution < -0.4 is 10.5 Å². The van der Waals surface area contributed by atoms with Gasteiger partial charge in [0.15, 0.2) is 0 Å². The Morgan fingerprint density at radius 1 is 1.06 bits per heavy atom. The number of rotatable bonds is 4. The first kappa shape index (κ1) is 22.9. The average molecular weight is 505 g/mol. The van der Waals surface area contributed by atoms with E-state index in [1.54, 1.807) is 18.2 Å². The van der Waals surface area contributed by atoms with Gasteiger partial charge in [-0.25, -0.2) is 4.98 Å². The number of aromatic amines is 1. The molecule has 0 spiro atoms. The molecule has 0 atom stereocenters. The normalized spacial score (nSPS) is 15.2. The number of nitrogens with one attached hydrogen (secondary N) is 1. The first-order chi connectivity index (χ1) is 16.3. The number of piperazine rings is 1. The Kier molecular flexibility index (Phi) is 6.09. The van der Waals surface area contributed by atoms with E-state index in [2.05, 4.69) is 14.9 Å². The third-order valence-corrected chi connectivity index (χ3v) is 7.06. The molecule has 2 aromatic heterocycles. The molecular formula is C24H20ClF3N4OS. The Balaban J connectivity index is 1.29. The molecule has 176 valence electrons. The lowest BCUT2D eigenvalue weighted by molar-refractivity contribution is -0.137. The summed E-state index contributed by atoms with van der Waals surface area (Å²) >= 11 is 7.40. The number of H-pyrrole nitrogens is 1. The molecule has 10 heteroatoms. The van der Waals surface area contributed by atoms with Gasteiger partial charge in [0.1, 0.15) is 10.7 Å². The second-order valence-corrected chi connectivity index (χ2v) is 9.45. The maximum Gasteiger partial charge on any atom is 0.416 e. The fourth-order valence-corrected chi connectivity index (χ4v) is 5.26. The van der Waals surface area contributed by atoms with Gasteiger partial charge in [-0.3, -0.25) is 9.69 Å². The van der Waals surface area contributed by atoms with Crippen molar-refractivity contribution in [3.8, 4) is 11.1 Å². The Morgan fingerprint density at radius 2 is 1.79 bits per heavy atom. The Labute approximate surface area is 202 Å². The molecule has 1 aliphatic rings. The van der Waals surface area contributed by atoms with Crippen molar-refractivity contribution in [1.29, 1.82) is 0 Å². The molecule has 4 aromatic rings. The predicted molar refractivity (Wildman–Crippen MR) is 130 cm³/mol. The fourth-order valence-electron chi connectivity index (χ4n) is 4.17. The molecule has 5 nitrogen and oxygen atoms in total. The molecule has 5 rings (SSSR count). The molecule has 1 aliphatic heterocycles. The molecule has 0 aliphatic carbocycles. The van der Waals surface area contributed by atoms with E-state index in [1.165, 1.54) is 23.5 Å². The lowest BCUT2D eigenvalue weighted by Gasteiger charge is -2.36. The number of alkyl halides is 3. The van der Waals surface area contributed by atoms with Crippen molar-refractivity contribution in [3.05, 3.63) is 80.7 Å². The molecule has 1 saturated heterocycles. The van der Waals surface area contributed by atoms with Crippen LogP contribution >= 0.6 is 22.9 Å². The second kappa shape index (κ2) is 9.05. The molecule has 1 fully saturated rings. The van der Waals surface area contributed by atoms with E-state index in [0.29, 0.717) is 59.5 Å². The molecule has 0 amide bonds. The van der Waals surface area contributed by atoms with Gasteiger partial charge < -0.3 is 9.88 Å². The van der Waals surface area contributed by atoms with Crippen LogP contribution in [0.3, 0.4) is 0 Å². The van der Waals surface area contributed by atoms with E-state index in [4.69, 9.17) is 11.6 Å². The van der Waals surface area contributed by atoms with Crippen LogP contribution in [0.2, 0.25) is 5.02 Å². The van der Waals surface area contributed by atoms with Crippen molar-refractivity contribution in [2.45, 2.75) is 12.7 Å². The molecule has 2 aromatic carbocycles. The maximum atomic E-state index is 13.0. The lowest BCUT2D eigenvalue weighted by Crippen LogP contribution is -2.46. The summed E-state index contributed by atoms with van der Waals surface area (Å²) in [4.78, 5) is 25.2. The van der Waals surface area contributed by atoms with Crippen LogP contribution in [0.25, 0.3) is 21.3 Å². The highest BCUT2D eigenvalue weighted by molar-refractivity contribution is 7.17. The number of thiophene rings is 1. The van der Waals surface area contributed by atoms with E-state index >= 15 is 0 Å². The zero-order valence-electron chi connectivity index (χ0n) is 17.9. The summed E-state index contributed by atoms with van der Waals surface area (Å²) in [6, 6.07) is 12.7. The zero-order valence-corrected chi connectivity index (χ0v) is 19.5. The first-order valence-corrected chi connectivity index (χ1v) is 11.9. The predicted octanol–water partition coefficient (Wildman–Crippen LogP) is 5.65. The summed E-state index contributed by atoms with van der Waals surface area (Å²) in [7, 11) is 0. The van der Waals surface area contributed by atoms with Crippen LogP contribution in [0.4, 0.5) is 18.9 Å². The third kappa shape index (κ3) is 4.68. The Bertz CT molecular complexity index is 1380. The van der Waals surface area contributed by atoms with Crippen molar-refractivity contribution in [2.75, 3.05) is 31.1 Å². The van der Waals surface area contributed by atoms with E-state index in [0.717, 1.165) is 17.2 Å². The van der Waals surface area contributed by atoms with Crippen molar-refractivity contribution < 1.29 is 13.2 Å². The molecule has 0 saturated carbocycles. The zero-order chi connectivity index (χ0) is 23.9. The van der Waals surface area contributed by atoms with Crippen LogP contribution in [0.1, 0.15) is 11.4 Å². The van der Waals surface area contributed by atoms with E-state index in [-0.39, 0.29) is 5.56 Å². The lowest BCUT2D eigenvalue weighted by atomic mass is 10.1. The summed E-state index contributed by atoms with van der Waals surface area (Å²) in [5.74, 6) is 0.578. The van der Waals surface area contributed by atoms with E-state index in [1.807, 2.05) is 22.4 Å². The topological polar surface area (TPSA) is 52.2 Å². The number of halogens is 4. The van der Waals surface area contributed by atoms with Crippen molar-refractivity contribution in [1.82, 2.24) is 14.9 Å². The van der Waals surface area contributed by atoms with Crippen molar-refractivity contribution in [3.63, 3.8) is 0 Å². The summed E-state index contributed by atoms with van der Waals surface area (Å²) in [6.45, 7) is 2.95.